The number of hydrogen-bond acceptors (Lipinski definition) is 4. The zero-order valence-corrected chi connectivity index (χ0v) is 7.49. The third-order valence-electron chi connectivity index (χ3n) is 1.90. The zero-order valence-electron chi connectivity index (χ0n) is 7.49. The third kappa shape index (κ3) is 1.66. The summed E-state index contributed by atoms with van der Waals surface area (Å²) in [6, 6.07) is 1.71. The van der Waals surface area contributed by atoms with Gasteiger partial charge in [0, 0.05) is 6.20 Å². The molecule has 0 aliphatic heterocycles. The van der Waals surface area contributed by atoms with E-state index in [1.165, 1.54) is 0 Å². The lowest BCUT2D eigenvalue weighted by Crippen LogP contribution is -2.03. The van der Waals surface area contributed by atoms with Crippen LogP contribution >= 0.6 is 0 Å². The summed E-state index contributed by atoms with van der Waals surface area (Å²) in [5, 5.41) is 0. The summed E-state index contributed by atoms with van der Waals surface area (Å²) in [5.74, 6) is 1.04. The zero-order chi connectivity index (χ0) is 9.26. The SMILES string of the molecule is COc1nccc(N)c1OC1CC1. The van der Waals surface area contributed by atoms with Crippen LogP contribution < -0.4 is 15.2 Å². The van der Waals surface area contributed by atoms with Crippen LogP contribution in [0.25, 0.3) is 0 Å². The van der Waals surface area contributed by atoms with Crippen LogP contribution in [0.15, 0.2) is 12.3 Å². The van der Waals surface area contributed by atoms with Crippen molar-refractivity contribution in [1.82, 2.24) is 4.98 Å². The van der Waals surface area contributed by atoms with Crippen LogP contribution in [0, 0.1) is 0 Å². The summed E-state index contributed by atoms with van der Waals surface area (Å²) < 4.78 is 10.6. The van der Waals surface area contributed by atoms with Crippen LogP contribution in [0.5, 0.6) is 11.6 Å². The van der Waals surface area contributed by atoms with E-state index >= 15 is 0 Å². The van der Waals surface area contributed by atoms with Gasteiger partial charge in [-0.1, -0.05) is 0 Å². The topological polar surface area (TPSA) is 57.4 Å². The van der Waals surface area contributed by atoms with E-state index in [9.17, 15) is 0 Å². The Hall–Kier alpha value is -1.45. The normalized spacial score (nSPS) is 15.5. The van der Waals surface area contributed by atoms with Crippen LogP contribution in [0.4, 0.5) is 5.69 Å². The summed E-state index contributed by atoms with van der Waals surface area (Å²) in [6.45, 7) is 0. The van der Waals surface area contributed by atoms with E-state index in [1.54, 1.807) is 19.4 Å². The van der Waals surface area contributed by atoms with Crippen molar-refractivity contribution in [1.29, 1.82) is 0 Å². The number of ether oxygens (including phenoxy) is 2. The Bertz CT molecular complexity index is 310. The summed E-state index contributed by atoms with van der Waals surface area (Å²) in [4.78, 5) is 4.01. The molecule has 70 valence electrons. The van der Waals surface area contributed by atoms with Gasteiger partial charge in [0.1, 0.15) is 0 Å². The molecule has 1 aliphatic carbocycles. The number of rotatable bonds is 3. The molecule has 1 aromatic heterocycles. The Balaban J connectivity index is 2.27. The van der Waals surface area contributed by atoms with Crippen LogP contribution in [-0.4, -0.2) is 18.2 Å². The van der Waals surface area contributed by atoms with Crippen molar-refractivity contribution in [2.75, 3.05) is 12.8 Å². The molecule has 1 aliphatic rings. The first-order valence-corrected chi connectivity index (χ1v) is 4.26. The molecular weight excluding hydrogens is 168 g/mol. The fraction of sp³-hybridized carbons (Fsp3) is 0.444. The number of aromatic nitrogens is 1. The molecule has 0 atom stereocenters. The van der Waals surface area contributed by atoms with Gasteiger partial charge in [-0.3, -0.25) is 0 Å². The number of pyridine rings is 1. The monoisotopic (exact) mass is 180 g/mol. The Kier molecular flexibility index (Phi) is 1.96. The van der Waals surface area contributed by atoms with E-state index in [1.807, 2.05) is 0 Å². The number of nitrogens with two attached hydrogens (primary N) is 1. The molecule has 4 nitrogen and oxygen atoms in total. The van der Waals surface area contributed by atoms with Gasteiger partial charge in [-0.2, -0.15) is 0 Å². The van der Waals surface area contributed by atoms with Gasteiger partial charge in [0.05, 0.1) is 18.9 Å². The molecule has 1 heterocycles. The highest BCUT2D eigenvalue weighted by atomic mass is 16.5. The molecule has 0 aromatic carbocycles. The van der Waals surface area contributed by atoms with Crippen LogP contribution in [0.1, 0.15) is 12.8 Å². The number of methoxy groups -OCH3 is 1. The average Bonchev–Trinajstić information content (AvgIpc) is 2.92. The van der Waals surface area contributed by atoms with Gasteiger partial charge in [0.2, 0.25) is 5.75 Å². The van der Waals surface area contributed by atoms with Crippen molar-refractivity contribution >= 4 is 5.69 Å². The van der Waals surface area contributed by atoms with Crippen LogP contribution in [0.3, 0.4) is 0 Å². The molecule has 1 fully saturated rings. The molecule has 0 spiro atoms. The van der Waals surface area contributed by atoms with Crippen molar-refractivity contribution in [3.05, 3.63) is 12.3 Å². The van der Waals surface area contributed by atoms with Gasteiger partial charge >= 0.3 is 0 Å². The van der Waals surface area contributed by atoms with Crippen molar-refractivity contribution in [2.24, 2.45) is 0 Å². The quantitative estimate of drug-likeness (QED) is 0.759. The van der Waals surface area contributed by atoms with Gasteiger partial charge in [0.15, 0.2) is 0 Å². The molecule has 4 heteroatoms. The van der Waals surface area contributed by atoms with Crippen molar-refractivity contribution < 1.29 is 9.47 Å². The molecule has 13 heavy (non-hydrogen) atoms. The number of nitrogen functional groups attached to an aromatic ring is 1. The molecule has 1 saturated carbocycles. The Morgan fingerprint density at radius 1 is 1.54 bits per heavy atom. The van der Waals surface area contributed by atoms with Crippen molar-refractivity contribution in [2.45, 2.75) is 18.9 Å². The second-order valence-electron chi connectivity index (χ2n) is 3.06. The van der Waals surface area contributed by atoms with E-state index in [0.29, 0.717) is 23.4 Å². The summed E-state index contributed by atoms with van der Waals surface area (Å²) in [6.07, 6.45) is 4.10. The Morgan fingerprint density at radius 3 is 2.92 bits per heavy atom. The van der Waals surface area contributed by atoms with Gasteiger partial charge in [-0.25, -0.2) is 4.98 Å². The lowest BCUT2D eigenvalue weighted by atomic mass is 10.4. The predicted molar refractivity (Wildman–Crippen MR) is 48.9 cm³/mol. The molecule has 2 rings (SSSR count). The summed E-state index contributed by atoms with van der Waals surface area (Å²) in [7, 11) is 1.56. The predicted octanol–water partition coefficient (Wildman–Crippen LogP) is 1.21. The van der Waals surface area contributed by atoms with E-state index in [2.05, 4.69) is 4.98 Å². The lowest BCUT2D eigenvalue weighted by molar-refractivity contribution is 0.278. The average molecular weight is 180 g/mol. The van der Waals surface area contributed by atoms with E-state index in [0.717, 1.165) is 12.8 Å². The molecule has 0 radical (unpaired) electrons. The van der Waals surface area contributed by atoms with E-state index < -0.39 is 0 Å². The number of nitrogens with zero attached hydrogens (tertiary/aromatic N) is 1. The van der Waals surface area contributed by atoms with Crippen molar-refractivity contribution in [3.63, 3.8) is 0 Å². The molecule has 2 N–H and O–H groups in total. The first-order chi connectivity index (χ1) is 6.31. The molecule has 0 saturated heterocycles. The Morgan fingerprint density at radius 2 is 2.31 bits per heavy atom. The highest BCUT2D eigenvalue weighted by Crippen LogP contribution is 2.36. The van der Waals surface area contributed by atoms with Crippen molar-refractivity contribution in [3.8, 4) is 11.6 Å². The van der Waals surface area contributed by atoms with Gasteiger partial charge in [-0.15, -0.1) is 0 Å². The minimum absolute atomic E-state index is 0.306. The first-order valence-electron chi connectivity index (χ1n) is 4.26. The minimum Gasteiger partial charge on any atom is -0.483 e. The van der Waals surface area contributed by atoms with Gasteiger partial charge in [-0.05, 0) is 18.9 Å². The maximum absolute atomic E-state index is 5.73. The summed E-state index contributed by atoms with van der Waals surface area (Å²) in [5.41, 5.74) is 6.31. The van der Waals surface area contributed by atoms with E-state index in [-0.39, 0.29) is 0 Å². The maximum Gasteiger partial charge on any atom is 0.258 e. The number of hydrogen-bond donors (Lipinski definition) is 1. The summed E-state index contributed by atoms with van der Waals surface area (Å²) >= 11 is 0. The fourth-order valence-electron chi connectivity index (χ4n) is 1.06. The highest BCUT2D eigenvalue weighted by molar-refractivity contribution is 5.57. The largest absolute Gasteiger partial charge is 0.483 e. The number of anilines is 1. The molecule has 0 unspecified atom stereocenters. The molecular formula is C9H12N2O2. The third-order valence-corrected chi connectivity index (χ3v) is 1.90. The standard InChI is InChI=1S/C9H12N2O2/c1-12-9-8(13-6-2-3-6)7(10)4-5-11-9/h4-6H,2-3H2,1H3,(H2,10,11). The first kappa shape index (κ1) is 8.16. The van der Waals surface area contributed by atoms with Gasteiger partial charge < -0.3 is 15.2 Å². The second-order valence-corrected chi connectivity index (χ2v) is 3.06. The molecule has 0 bridgehead atoms. The second kappa shape index (κ2) is 3.12. The van der Waals surface area contributed by atoms with Crippen LogP contribution in [0.2, 0.25) is 0 Å². The lowest BCUT2D eigenvalue weighted by Gasteiger charge is -2.10. The Labute approximate surface area is 76.7 Å². The van der Waals surface area contributed by atoms with Crippen LogP contribution in [-0.2, 0) is 0 Å². The molecule has 1 aromatic rings. The highest BCUT2D eigenvalue weighted by Gasteiger charge is 2.26. The molecule has 0 amide bonds. The van der Waals surface area contributed by atoms with E-state index in [4.69, 9.17) is 15.2 Å². The van der Waals surface area contributed by atoms with Gasteiger partial charge in [0.25, 0.3) is 5.88 Å². The maximum atomic E-state index is 5.73. The minimum atomic E-state index is 0.306. The smallest absolute Gasteiger partial charge is 0.258 e. The fourth-order valence-corrected chi connectivity index (χ4v) is 1.06.